The van der Waals surface area contributed by atoms with E-state index < -0.39 is 6.95 Å². The smallest absolute Gasteiger partial charge is 0.297 e. The summed E-state index contributed by atoms with van der Waals surface area (Å²) in [7, 11) is 0. The lowest BCUT2D eigenvalue weighted by Crippen LogP contribution is -2.18. The fourth-order valence-electron chi connectivity index (χ4n) is 1.37. The standard InChI is InChI=1S/C8H16ClO3P/c1-2-3-4-5-8-6-7-11-13(9,10)12-8/h8H,2-7H2,1H3. The van der Waals surface area contributed by atoms with Crippen LogP contribution in [0.1, 0.15) is 39.0 Å². The Morgan fingerprint density at radius 2 is 2.31 bits per heavy atom. The topological polar surface area (TPSA) is 35.5 Å². The molecule has 0 spiro atoms. The first-order valence-corrected chi connectivity index (χ1v) is 7.21. The lowest BCUT2D eigenvalue weighted by atomic mass is 10.1. The molecule has 1 fully saturated rings. The van der Waals surface area contributed by atoms with Crippen molar-refractivity contribution in [3.8, 4) is 0 Å². The molecule has 2 unspecified atom stereocenters. The van der Waals surface area contributed by atoms with E-state index >= 15 is 0 Å². The summed E-state index contributed by atoms with van der Waals surface area (Å²) in [5.41, 5.74) is 0. The molecule has 1 heterocycles. The first-order chi connectivity index (χ1) is 6.14. The predicted octanol–water partition coefficient (Wildman–Crippen LogP) is 3.72. The van der Waals surface area contributed by atoms with E-state index in [1.54, 1.807) is 0 Å². The Balaban J connectivity index is 2.23. The van der Waals surface area contributed by atoms with Crippen molar-refractivity contribution in [2.45, 2.75) is 45.1 Å². The van der Waals surface area contributed by atoms with E-state index in [9.17, 15) is 4.57 Å². The second-order valence-electron chi connectivity index (χ2n) is 3.28. The molecule has 1 saturated heterocycles. The van der Waals surface area contributed by atoms with E-state index in [0.717, 1.165) is 19.3 Å². The molecular formula is C8H16ClO3P. The lowest BCUT2D eigenvalue weighted by molar-refractivity contribution is 0.0839. The van der Waals surface area contributed by atoms with E-state index in [4.69, 9.17) is 20.3 Å². The maximum absolute atomic E-state index is 11.2. The summed E-state index contributed by atoms with van der Waals surface area (Å²) >= 11 is 5.49. The molecule has 0 N–H and O–H groups in total. The number of hydrogen-bond acceptors (Lipinski definition) is 3. The van der Waals surface area contributed by atoms with Crippen molar-refractivity contribution in [1.29, 1.82) is 0 Å². The van der Waals surface area contributed by atoms with Gasteiger partial charge >= 0.3 is 6.95 Å². The van der Waals surface area contributed by atoms with E-state index in [2.05, 4.69) is 6.92 Å². The molecule has 1 aliphatic heterocycles. The maximum atomic E-state index is 11.2. The molecular weight excluding hydrogens is 211 g/mol. The summed E-state index contributed by atoms with van der Waals surface area (Å²) in [6.45, 7) is -0.613. The van der Waals surface area contributed by atoms with Gasteiger partial charge in [0.15, 0.2) is 0 Å². The monoisotopic (exact) mass is 226 g/mol. The van der Waals surface area contributed by atoms with Crippen LogP contribution >= 0.6 is 18.2 Å². The summed E-state index contributed by atoms with van der Waals surface area (Å²) < 4.78 is 21.1. The average molecular weight is 227 g/mol. The first-order valence-electron chi connectivity index (χ1n) is 4.76. The Kier molecular flexibility index (Phi) is 4.74. The Bertz CT molecular complexity index is 198. The Labute approximate surface area is 84.1 Å². The predicted molar refractivity (Wildman–Crippen MR) is 53.0 cm³/mol. The zero-order valence-corrected chi connectivity index (χ0v) is 9.52. The van der Waals surface area contributed by atoms with Gasteiger partial charge in [-0.05, 0) is 12.8 Å². The fraction of sp³-hybridized carbons (Fsp3) is 1.00. The third kappa shape index (κ3) is 4.46. The summed E-state index contributed by atoms with van der Waals surface area (Å²) in [4.78, 5) is 0. The van der Waals surface area contributed by atoms with Gasteiger partial charge in [0.05, 0.1) is 12.7 Å². The minimum absolute atomic E-state index is 0.0311. The number of hydrogen-bond donors (Lipinski definition) is 0. The molecule has 0 radical (unpaired) electrons. The van der Waals surface area contributed by atoms with Crippen LogP contribution in [0, 0.1) is 0 Å². The maximum Gasteiger partial charge on any atom is 0.424 e. The zero-order chi connectivity index (χ0) is 9.73. The molecule has 2 atom stereocenters. The average Bonchev–Trinajstić information content (AvgIpc) is 2.03. The van der Waals surface area contributed by atoms with Crippen LogP contribution in [0.4, 0.5) is 0 Å². The van der Waals surface area contributed by atoms with Gasteiger partial charge in [-0.2, -0.15) is 0 Å². The normalized spacial score (nSPS) is 34.8. The summed E-state index contributed by atoms with van der Waals surface area (Å²) in [6, 6.07) is 0. The second kappa shape index (κ2) is 5.35. The molecule has 0 bridgehead atoms. The van der Waals surface area contributed by atoms with Crippen molar-refractivity contribution in [3.63, 3.8) is 0 Å². The van der Waals surface area contributed by atoms with Crippen LogP contribution in [0.2, 0.25) is 0 Å². The van der Waals surface area contributed by atoms with Crippen LogP contribution in [0.15, 0.2) is 0 Å². The first kappa shape index (κ1) is 11.5. The van der Waals surface area contributed by atoms with Gasteiger partial charge in [0.25, 0.3) is 0 Å². The van der Waals surface area contributed by atoms with Crippen molar-refractivity contribution < 1.29 is 13.6 Å². The van der Waals surface area contributed by atoms with Gasteiger partial charge < -0.3 is 0 Å². The van der Waals surface area contributed by atoms with Gasteiger partial charge in [0, 0.05) is 11.2 Å². The van der Waals surface area contributed by atoms with E-state index in [1.165, 1.54) is 12.8 Å². The van der Waals surface area contributed by atoms with E-state index in [0.29, 0.717) is 6.61 Å². The molecule has 13 heavy (non-hydrogen) atoms. The van der Waals surface area contributed by atoms with E-state index in [1.807, 2.05) is 0 Å². The third-order valence-corrected chi connectivity index (χ3v) is 3.66. The van der Waals surface area contributed by atoms with Crippen LogP contribution in [-0.4, -0.2) is 12.7 Å². The summed E-state index contributed by atoms with van der Waals surface area (Å²) in [5, 5.41) is 0. The molecule has 0 aromatic carbocycles. The molecule has 0 aromatic heterocycles. The quantitative estimate of drug-likeness (QED) is 0.541. The highest BCUT2D eigenvalue weighted by Crippen LogP contribution is 2.57. The molecule has 1 rings (SSSR count). The SMILES string of the molecule is CCCCCC1CCOP(=O)(Cl)O1. The van der Waals surface area contributed by atoms with Crippen molar-refractivity contribution in [2.24, 2.45) is 0 Å². The van der Waals surface area contributed by atoms with Gasteiger partial charge in [-0.1, -0.05) is 26.2 Å². The third-order valence-electron chi connectivity index (χ3n) is 2.09. The van der Waals surface area contributed by atoms with Crippen molar-refractivity contribution in [3.05, 3.63) is 0 Å². The van der Waals surface area contributed by atoms with Gasteiger partial charge in [0.2, 0.25) is 0 Å². The van der Waals surface area contributed by atoms with Crippen LogP contribution in [-0.2, 0) is 13.6 Å². The van der Waals surface area contributed by atoms with Crippen LogP contribution in [0.3, 0.4) is 0 Å². The fourth-order valence-corrected chi connectivity index (χ4v) is 2.87. The molecule has 1 aliphatic rings. The van der Waals surface area contributed by atoms with Crippen molar-refractivity contribution in [1.82, 2.24) is 0 Å². The highest BCUT2D eigenvalue weighted by Gasteiger charge is 2.30. The van der Waals surface area contributed by atoms with Crippen LogP contribution in [0.25, 0.3) is 0 Å². The van der Waals surface area contributed by atoms with Crippen molar-refractivity contribution >= 4 is 18.2 Å². The molecule has 0 aromatic rings. The lowest BCUT2D eigenvalue weighted by Gasteiger charge is -2.25. The Morgan fingerprint density at radius 1 is 1.54 bits per heavy atom. The summed E-state index contributed by atoms with van der Waals surface area (Å²) in [6.07, 6.45) is 5.25. The summed E-state index contributed by atoms with van der Waals surface area (Å²) in [5.74, 6) is 0. The molecule has 0 saturated carbocycles. The Hall–Kier alpha value is 0.440. The molecule has 0 amide bonds. The van der Waals surface area contributed by atoms with Crippen LogP contribution < -0.4 is 0 Å². The zero-order valence-electron chi connectivity index (χ0n) is 7.87. The number of unbranched alkanes of at least 4 members (excludes halogenated alkanes) is 2. The second-order valence-corrected chi connectivity index (χ2v) is 5.85. The molecule has 0 aliphatic carbocycles. The Morgan fingerprint density at radius 3 is 2.92 bits per heavy atom. The van der Waals surface area contributed by atoms with Gasteiger partial charge in [-0.3, -0.25) is 9.05 Å². The minimum atomic E-state index is -3.22. The molecule has 5 heteroatoms. The minimum Gasteiger partial charge on any atom is -0.297 e. The number of rotatable bonds is 4. The largest absolute Gasteiger partial charge is 0.424 e. The van der Waals surface area contributed by atoms with Crippen molar-refractivity contribution in [2.75, 3.05) is 6.61 Å². The molecule has 3 nitrogen and oxygen atoms in total. The highest BCUT2D eigenvalue weighted by atomic mass is 35.7. The number of halogens is 1. The van der Waals surface area contributed by atoms with Gasteiger partial charge in [-0.15, -0.1) is 0 Å². The van der Waals surface area contributed by atoms with E-state index in [-0.39, 0.29) is 6.10 Å². The van der Waals surface area contributed by atoms with Gasteiger partial charge in [0.1, 0.15) is 0 Å². The van der Waals surface area contributed by atoms with Crippen LogP contribution in [0.5, 0.6) is 0 Å². The highest BCUT2D eigenvalue weighted by molar-refractivity contribution is 7.81. The van der Waals surface area contributed by atoms with Gasteiger partial charge in [-0.25, -0.2) is 4.57 Å². The molecule has 78 valence electrons.